The van der Waals surface area contributed by atoms with Gasteiger partial charge in [0.05, 0.1) is 12.7 Å². The zero-order valence-corrected chi connectivity index (χ0v) is 12.8. The lowest BCUT2D eigenvalue weighted by Gasteiger charge is -2.55. The average molecular weight is 292 g/mol. The number of hydrogen-bond donors (Lipinski definition) is 2. The number of rotatable bonds is 1. The highest BCUT2D eigenvalue weighted by Gasteiger charge is 2.58. The minimum Gasteiger partial charge on any atom is -0.396 e. The van der Waals surface area contributed by atoms with Crippen LogP contribution in [0.15, 0.2) is 0 Å². The van der Waals surface area contributed by atoms with Crippen LogP contribution in [0.4, 0.5) is 0 Å². The van der Waals surface area contributed by atoms with Crippen molar-refractivity contribution >= 4 is 5.78 Å². The zero-order chi connectivity index (χ0) is 14.6. The van der Waals surface area contributed by atoms with Crippen molar-refractivity contribution in [3.05, 3.63) is 0 Å². The fourth-order valence-electron chi connectivity index (χ4n) is 6.74. The van der Waals surface area contributed by atoms with Gasteiger partial charge in [0.25, 0.3) is 0 Å². The number of ketones is 1. The van der Waals surface area contributed by atoms with E-state index in [1.807, 2.05) is 0 Å². The molecular weight excluding hydrogens is 264 g/mol. The van der Waals surface area contributed by atoms with E-state index < -0.39 is 0 Å². The van der Waals surface area contributed by atoms with Gasteiger partial charge in [-0.1, -0.05) is 0 Å². The minimum atomic E-state index is -0.292. The molecular formula is C18H28O3. The van der Waals surface area contributed by atoms with Crippen LogP contribution in [-0.2, 0) is 4.79 Å². The average Bonchev–Trinajstić information content (AvgIpc) is 2.84. The van der Waals surface area contributed by atoms with Gasteiger partial charge in [0.1, 0.15) is 5.78 Å². The van der Waals surface area contributed by atoms with Crippen molar-refractivity contribution in [2.75, 3.05) is 6.61 Å². The van der Waals surface area contributed by atoms with Crippen LogP contribution < -0.4 is 0 Å². The highest BCUT2D eigenvalue weighted by atomic mass is 16.3. The second kappa shape index (κ2) is 5.06. The first kappa shape index (κ1) is 14.2. The number of hydrogen-bond acceptors (Lipinski definition) is 3. The summed E-state index contributed by atoms with van der Waals surface area (Å²) in [6.45, 7) is 0.161. The van der Waals surface area contributed by atoms with Crippen molar-refractivity contribution in [2.45, 2.75) is 63.9 Å². The Hall–Kier alpha value is -0.410. The van der Waals surface area contributed by atoms with Crippen LogP contribution in [-0.4, -0.2) is 28.7 Å². The van der Waals surface area contributed by atoms with E-state index >= 15 is 0 Å². The van der Waals surface area contributed by atoms with Crippen LogP contribution in [0.1, 0.15) is 57.8 Å². The monoisotopic (exact) mass is 292 g/mol. The molecule has 7 atom stereocenters. The van der Waals surface area contributed by atoms with Crippen molar-refractivity contribution in [1.82, 2.24) is 0 Å². The largest absolute Gasteiger partial charge is 0.396 e. The van der Waals surface area contributed by atoms with E-state index in [0.29, 0.717) is 23.5 Å². The Morgan fingerprint density at radius 2 is 1.86 bits per heavy atom. The fraction of sp³-hybridized carbons (Fsp3) is 0.944. The molecule has 0 heterocycles. The van der Waals surface area contributed by atoms with Gasteiger partial charge in [-0.15, -0.1) is 0 Å². The molecule has 3 nitrogen and oxygen atoms in total. The lowest BCUT2D eigenvalue weighted by molar-refractivity contribution is -0.131. The van der Waals surface area contributed by atoms with E-state index in [-0.39, 0.29) is 18.1 Å². The summed E-state index contributed by atoms with van der Waals surface area (Å²) in [4.78, 5) is 11.7. The second-order valence-corrected chi connectivity index (χ2v) is 8.24. The van der Waals surface area contributed by atoms with E-state index in [1.165, 1.54) is 12.8 Å². The molecule has 118 valence electrons. The number of aliphatic hydroxyl groups excluding tert-OH is 2. The lowest BCUT2D eigenvalue weighted by Crippen LogP contribution is -2.52. The predicted molar refractivity (Wildman–Crippen MR) is 79.5 cm³/mol. The molecule has 21 heavy (non-hydrogen) atoms. The first-order valence-electron chi connectivity index (χ1n) is 8.96. The molecule has 4 saturated carbocycles. The van der Waals surface area contributed by atoms with E-state index in [9.17, 15) is 15.0 Å². The van der Waals surface area contributed by atoms with Crippen molar-refractivity contribution in [2.24, 2.45) is 35.0 Å². The Bertz CT molecular complexity index is 434. The SMILES string of the molecule is O=C1CCC2C3CC[C@@]4(CO)C(CC[C@@H]4O)C3CC[C@H]2C1. The van der Waals surface area contributed by atoms with Crippen molar-refractivity contribution < 1.29 is 15.0 Å². The van der Waals surface area contributed by atoms with Gasteiger partial charge < -0.3 is 10.2 Å². The molecule has 0 saturated heterocycles. The first-order valence-corrected chi connectivity index (χ1v) is 8.96. The highest BCUT2D eigenvalue weighted by Crippen LogP contribution is 2.62. The lowest BCUT2D eigenvalue weighted by atomic mass is 9.50. The van der Waals surface area contributed by atoms with Crippen LogP contribution in [0.25, 0.3) is 0 Å². The fourth-order valence-corrected chi connectivity index (χ4v) is 6.74. The number of fused-ring (bicyclic) bond motifs is 5. The molecule has 3 heteroatoms. The zero-order valence-electron chi connectivity index (χ0n) is 12.8. The molecule has 4 aliphatic rings. The standard InChI is InChI=1S/C18H28O3/c19-10-18-8-7-14-13-4-2-12(20)9-11(13)1-3-15(14)16(18)5-6-17(18)21/h11,13-17,19,21H,1-10H2/t11-,13?,14?,15?,16?,17-,18+/m0/s1. The topological polar surface area (TPSA) is 57.5 Å². The minimum absolute atomic E-state index is 0.161. The molecule has 0 amide bonds. The van der Waals surface area contributed by atoms with Crippen molar-refractivity contribution in [3.63, 3.8) is 0 Å². The normalized spacial score (nSPS) is 53.0. The van der Waals surface area contributed by atoms with E-state index in [0.717, 1.165) is 56.8 Å². The molecule has 0 radical (unpaired) electrons. The van der Waals surface area contributed by atoms with Crippen LogP contribution in [0, 0.1) is 35.0 Å². The van der Waals surface area contributed by atoms with Crippen LogP contribution >= 0.6 is 0 Å². The third-order valence-electron chi connectivity index (χ3n) is 7.73. The second-order valence-electron chi connectivity index (χ2n) is 8.24. The van der Waals surface area contributed by atoms with Gasteiger partial charge in [-0.05, 0) is 74.5 Å². The van der Waals surface area contributed by atoms with Gasteiger partial charge in [-0.2, -0.15) is 0 Å². The van der Waals surface area contributed by atoms with Crippen molar-refractivity contribution in [3.8, 4) is 0 Å². The van der Waals surface area contributed by atoms with Crippen molar-refractivity contribution in [1.29, 1.82) is 0 Å². The van der Waals surface area contributed by atoms with Crippen LogP contribution in [0.3, 0.4) is 0 Å². The number of aliphatic hydroxyl groups is 2. The predicted octanol–water partition coefficient (Wildman–Crippen LogP) is 2.54. The molecule has 0 spiro atoms. The Morgan fingerprint density at radius 3 is 2.67 bits per heavy atom. The molecule has 0 bridgehead atoms. The third-order valence-corrected chi connectivity index (χ3v) is 7.73. The van der Waals surface area contributed by atoms with E-state index in [1.54, 1.807) is 0 Å². The number of carbonyl (C=O) groups excluding carboxylic acids is 1. The Labute approximate surface area is 127 Å². The molecule has 0 aliphatic heterocycles. The maximum atomic E-state index is 11.7. The van der Waals surface area contributed by atoms with Gasteiger partial charge in [0, 0.05) is 18.3 Å². The molecule has 4 aliphatic carbocycles. The highest BCUT2D eigenvalue weighted by molar-refractivity contribution is 5.79. The number of carbonyl (C=O) groups is 1. The van der Waals surface area contributed by atoms with Crippen LogP contribution in [0.5, 0.6) is 0 Å². The Kier molecular flexibility index (Phi) is 3.42. The number of Topliss-reactive ketones (excluding diaryl/α,β-unsaturated/α-hetero) is 1. The first-order chi connectivity index (χ1) is 10.2. The van der Waals surface area contributed by atoms with E-state index in [2.05, 4.69) is 0 Å². The van der Waals surface area contributed by atoms with Gasteiger partial charge in [-0.25, -0.2) is 0 Å². The molecule has 4 fully saturated rings. The smallest absolute Gasteiger partial charge is 0.133 e. The Balaban J connectivity index is 1.59. The summed E-state index contributed by atoms with van der Waals surface area (Å²) in [5, 5.41) is 20.4. The van der Waals surface area contributed by atoms with Gasteiger partial charge in [0.15, 0.2) is 0 Å². The molecule has 0 aromatic carbocycles. The van der Waals surface area contributed by atoms with Gasteiger partial charge >= 0.3 is 0 Å². The summed E-state index contributed by atoms with van der Waals surface area (Å²) in [5.74, 6) is 3.84. The summed E-state index contributed by atoms with van der Waals surface area (Å²) in [6.07, 6.45) is 8.98. The summed E-state index contributed by atoms with van der Waals surface area (Å²) >= 11 is 0. The van der Waals surface area contributed by atoms with E-state index in [4.69, 9.17) is 0 Å². The molecule has 4 rings (SSSR count). The summed E-state index contributed by atoms with van der Waals surface area (Å²) < 4.78 is 0. The van der Waals surface area contributed by atoms with Gasteiger partial charge in [0.2, 0.25) is 0 Å². The Morgan fingerprint density at radius 1 is 1.00 bits per heavy atom. The molecule has 4 unspecified atom stereocenters. The van der Waals surface area contributed by atoms with Crippen LogP contribution in [0.2, 0.25) is 0 Å². The quantitative estimate of drug-likeness (QED) is 0.781. The summed E-state index contributed by atoms with van der Waals surface area (Å²) in [5.41, 5.74) is -0.196. The maximum Gasteiger partial charge on any atom is 0.133 e. The molecule has 0 aromatic heterocycles. The maximum absolute atomic E-state index is 11.7. The summed E-state index contributed by atoms with van der Waals surface area (Å²) in [6, 6.07) is 0. The molecule has 2 N–H and O–H groups in total. The third kappa shape index (κ3) is 1.96. The summed E-state index contributed by atoms with van der Waals surface area (Å²) in [7, 11) is 0. The van der Waals surface area contributed by atoms with Gasteiger partial charge in [-0.3, -0.25) is 4.79 Å². The molecule has 0 aromatic rings.